The Morgan fingerprint density at radius 2 is 1.79 bits per heavy atom. The van der Waals surface area contributed by atoms with Crippen LogP contribution in [-0.2, 0) is 0 Å². The first-order chi connectivity index (χ1) is 20.0. The number of carbonyl (C=O) groups is 1. The van der Waals surface area contributed by atoms with E-state index in [4.69, 9.17) is 9.15 Å². The summed E-state index contributed by atoms with van der Waals surface area (Å²) < 4.78 is 15.1. The van der Waals surface area contributed by atoms with Crippen LogP contribution in [0.2, 0.25) is 0 Å². The zero-order valence-corrected chi connectivity index (χ0v) is 25.6. The fraction of sp³-hybridized carbons (Fsp3) is 0.0714. The fourth-order valence-electron chi connectivity index (χ4n) is 4.36. The van der Waals surface area contributed by atoms with Crippen LogP contribution >= 0.6 is 38.5 Å². The van der Waals surface area contributed by atoms with Gasteiger partial charge in [0.25, 0.3) is 5.69 Å². The summed E-state index contributed by atoms with van der Waals surface area (Å²) in [5.74, 6) is -0.134. The molecule has 2 heterocycles. The Hall–Kier alpha value is -4.57. The van der Waals surface area contributed by atoms with E-state index in [0.29, 0.717) is 11.3 Å². The van der Waals surface area contributed by atoms with Crippen molar-refractivity contribution >= 4 is 73.0 Å². The van der Waals surface area contributed by atoms with Gasteiger partial charge in [-0.1, -0.05) is 15.9 Å². The van der Waals surface area contributed by atoms with E-state index in [1.165, 1.54) is 6.07 Å². The molecule has 0 spiro atoms. The predicted molar refractivity (Wildman–Crippen MR) is 167 cm³/mol. The monoisotopic (exact) mass is 743 g/mol. The Balaban J connectivity index is 1.31. The average molecular weight is 744 g/mol. The third-order valence-corrected chi connectivity index (χ3v) is 7.53. The molecule has 3 aromatic carbocycles. The van der Waals surface area contributed by atoms with Crippen molar-refractivity contribution in [3.05, 3.63) is 118 Å². The molecule has 0 fully saturated rings. The van der Waals surface area contributed by atoms with E-state index in [1.54, 1.807) is 36.5 Å². The van der Waals surface area contributed by atoms with Crippen molar-refractivity contribution in [1.29, 1.82) is 0 Å². The molecule has 0 aliphatic heterocycles. The van der Waals surface area contributed by atoms with Crippen LogP contribution in [0, 0.1) is 37.6 Å². The number of nitro benzene ring substituents is 2. The number of halogens is 2. The Labute approximate surface area is 259 Å². The van der Waals surface area contributed by atoms with Gasteiger partial charge in [-0.05, 0) is 91.0 Å². The standard InChI is InChI=1S/C28H19BrIN5O7/c1-15-9-18(14-31-32-28(36)26-11-17-10-19(29)12-23(30)27(17)42-26)16(2)33(15)20-3-6-22(7-4-20)41-25-8-5-21(34(37)38)13-24(25)35(39)40/h3-14H,1-2H3,(H,32,36)/b31-14-. The molecular formula is C28H19BrIN5O7. The molecule has 5 aromatic rings. The summed E-state index contributed by atoms with van der Waals surface area (Å²) in [4.78, 5) is 33.6. The van der Waals surface area contributed by atoms with E-state index in [0.717, 1.165) is 48.2 Å². The number of hydrogen-bond donors (Lipinski definition) is 1. The smallest absolute Gasteiger partial charge is 0.318 e. The van der Waals surface area contributed by atoms with Crippen molar-refractivity contribution in [3.63, 3.8) is 0 Å². The number of furan rings is 1. The summed E-state index contributed by atoms with van der Waals surface area (Å²) >= 11 is 5.58. The molecule has 0 saturated carbocycles. The summed E-state index contributed by atoms with van der Waals surface area (Å²) in [7, 11) is 0. The summed E-state index contributed by atoms with van der Waals surface area (Å²) in [5.41, 5.74) is 5.54. The molecule has 0 bridgehead atoms. The van der Waals surface area contributed by atoms with Crippen LogP contribution in [-0.4, -0.2) is 26.5 Å². The summed E-state index contributed by atoms with van der Waals surface area (Å²) in [6.07, 6.45) is 1.55. The first kappa shape index (κ1) is 28.9. The second kappa shape index (κ2) is 11.7. The number of aromatic nitrogens is 1. The molecule has 42 heavy (non-hydrogen) atoms. The lowest BCUT2D eigenvalue weighted by Crippen LogP contribution is -2.16. The van der Waals surface area contributed by atoms with E-state index in [1.807, 2.05) is 36.6 Å². The molecule has 0 aliphatic rings. The van der Waals surface area contributed by atoms with Gasteiger partial charge in [0.1, 0.15) is 11.3 Å². The third kappa shape index (κ3) is 5.89. The van der Waals surface area contributed by atoms with E-state index in [2.05, 4.69) is 49.0 Å². The number of fused-ring (bicyclic) bond motifs is 1. The molecule has 0 unspecified atom stereocenters. The Morgan fingerprint density at radius 3 is 2.48 bits per heavy atom. The number of ether oxygens (including phenoxy) is 1. The van der Waals surface area contributed by atoms with Crippen LogP contribution in [0.15, 0.2) is 80.7 Å². The van der Waals surface area contributed by atoms with Gasteiger partial charge in [-0.2, -0.15) is 5.10 Å². The maximum atomic E-state index is 12.6. The number of amides is 1. The van der Waals surface area contributed by atoms with Gasteiger partial charge in [0, 0.05) is 38.6 Å². The van der Waals surface area contributed by atoms with Crippen LogP contribution in [0.1, 0.15) is 27.5 Å². The lowest BCUT2D eigenvalue weighted by atomic mass is 10.2. The van der Waals surface area contributed by atoms with Gasteiger partial charge >= 0.3 is 11.6 Å². The Morgan fingerprint density at radius 1 is 1.05 bits per heavy atom. The number of non-ortho nitro benzene ring substituents is 1. The number of aryl methyl sites for hydroxylation is 1. The molecule has 0 saturated heterocycles. The van der Waals surface area contributed by atoms with Gasteiger partial charge in [0.2, 0.25) is 5.75 Å². The molecule has 2 aromatic heterocycles. The molecule has 1 amide bonds. The van der Waals surface area contributed by atoms with E-state index < -0.39 is 27.1 Å². The largest absolute Gasteiger partial charge is 0.450 e. The van der Waals surface area contributed by atoms with E-state index in [-0.39, 0.29) is 11.5 Å². The number of hydrogen-bond acceptors (Lipinski definition) is 8. The summed E-state index contributed by atoms with van der Waals surface area (Å²) in [6, 6.07) is 17.4. The molecule has 1 N–H and O–H groups in total. The number of nitrogens with zero attached hydrogens (tertiary/aromatic N) is 4. The topological polar surface area (TPSA) is 155 Å². The van der Waals surface area contributed by atoms with Crippen LogP contribution in [0.4, 0.5) is 11.4 Å². The van der Waals surface area contributed by atoms with Crippen LogP contribution in [0.25, 0.3) is 16.7 Å². The number of rotatable bonds is 8. The number of nitro groups is 2. The fourth-order valence-corrected chi connectivity index (χ4v) is 6.02. The lowest BCUT2D eigenvalue weighted by molar-refractivity contribution is -0.394. The van der Waals surface area contributed by atoms with Gasteiger partial charge in [-0.15, -0.1) is 0 Å². The highest BCUT2D eigenvalue weighted by atomic mass is 127. The van der Waals surface area contributed by atoms with E-state index >= 15 is 0 Å². The molecule has 14 heteroatoms. The molecule has 0 atom stereocenters. The average Bonchev–Trinajstić information content (AvgIpc) is 3.49. The molecular weight excluding hydrogens is 725 g/mol. The molecule has 0 radical (unpaired) electrons. The van der Waals surface area contributed by atoms with Crippen molar-refractivity contribution in [2.75, 3.05) is 0 Å². The van der Waals surface area contributed by atoms with Crippen molar-refractivity contribution in [2.45, 2.75) is 13.8 Å². The van der Waals surface area contributed by atoms with Crippen LogP contribution in [0.3, 0.4) is 0 Å². The highest BCUT2D eigenvalue weighted by molar-refractivity contribution is 14.1. The van der Waals surface area contributed by atoms with Crippen molar-refractivity contribution in [3.8, 4) is 17.2 Å². The first-order valence-corrected chi connectivity index (χ1v) is 14.0. The number of carbonyl (C=O) groups excluding carboxylic acids is 1. The van der Waals surface area contributed by atoms with Crippen molar-refractivity contribution in [1.82, 2.24) is 9.99 Å². The number of nitrogens with one attached hydrogen (secondary N) is 1. The molecule has 212 valence electrons. The Bertz CT molecular complexity index is 1910. The quantitative estimate of drug-likeness (QED) is 0.0744. The first-order valence-electron chi connectivity index (χ1n) is 12.1. The minimum Gasteiger partial charge on any atom is -0.450 e. The van der Waals surface area contributed by atoms with Crippen molar-refractivity contribution < 1.29 is 23.8 Å². The Kier molecular flexibility index (Phi) is 8.08. The normalized spacial score (nSPS) is 11.2. The minimum atomic E-state index is -0.731. The van der Waals surface area contributed by atoms with Gasteiger partial charge in [-0.3, -0.25) is 25.0 Å². The zero-order chi connectivity index (χ0) is 30.1. The predicted octanol–water partition coefficient (Wildman–Crippen LogP) is 7.58. The summed E-state index contributed by atoms with van der Waals surface area (Å²) in [5, 5.41) is 27.3. The van der Waals surface area contributed by atoms with Gasteiger partial charge in [0.05, 0.1) is 25.7 Å². The maximum Gasteiger partial charge on any atom is 0.318 e. The van der Waals surface area contributed by atoms with E-state index in [9.17, 15) is 25.0 Å². The molecule has 5 rings (SSSR count). The van der Waals surface area contributed by atoms with Gasteiger partial charge < -0.3 is 13.7 Å². The lowest BCUT2D eigenvalue weighted by Gasteiger charge is -2.11. The maximum absolute atomic E-state index is 12.6. The third-order valence-electron chi connectivity index (χ3n) is 6.27. The highest BCUT2D eigenvalue weighted by Crippen LogP contribution is 2.35. The minimum absolute atomic E-state index is 0.113. The number of benzene rings is 3. The highest BCUT2D eigenvalue weighted by Gasteiger charge is 2.21. The zero-order valence-electron chi connectivity index (χ0n) is 21.8. The van der Waals surface area contributed by atoms with Gasteiger partial charge in [-0.25, -0.2) is 5.43 Å². The second-order valence-electron chi connectivity index (χ2n) is 9.04. The summed E-state index contributed by atoms with van der Waals surface area (Å²) in [6.45, 7) is 3.82. The molecule has 0 aliphatic carbocycles. The van der Waals surface area contributed by atoms with Gasteiger partial charge in [0.15, 0.2) is 5.76 Å². The molecule has 12 nitrogen and oxygen atoms in total. The van der Waals surface area contributed by atoms with Crippen molar-refractivity contribution in [2.24, 2.45) is 5.10 Å². The second-order valence-corrected chi connectivity index (χ2v) is 11.1. The SMILES string of the molecule is Cc1cc(/C=N\NC(=O)c2cc3cc(Br)cc(I)c3o2)c(C)n1-c1ccc(Oc2ccc([N+](=O)[O-])cc2[N+](=O)[O-])cc1. The number of hydrazone groups is 1. The van der Waals surface area contributed by atoms with Crippen LogP contribution < -0.4 is 10.2 Å². The van der Waals surface area contributed by atoms with Crippen LogP contribution in [0.5, 0.6) is 11.5 Å².